The summed E-state index contributed by atoms with van der Waals surface area (Å²) in [6.07, 6.45) is 0.588. The zero-order chi connectivity index (χ0) is 25.8. The highest BCUT2D eigenvalue weighted by atomic mass is 16.7. The quantitative estimate of drug-likeness (QED) is 0.161. The Bertz CT molecular complexity index is 1100. The lowest BCUT2D eigenvalue weighted by Gasteiger charge is -2.19. The van der Waals surface area contributed by atoms with Crippen molar-refractivity contribution in [2.75, 3.05) is 33.9 Å². The van der Waals surface area contributed by atoms with E-state index in [1.165, 1.54) is 7.11 Å². The second kappa shape index (κ2) is 14.0. The van der Waals surface area contributed by atoms with Crippen LogP contribution in [0.5, 0.6) is 11.5 Å². The number of aliphatic hydroxyl groups excluding tert-OH is 1. The molecule has 36 heavy (non-hydrogen) atoms. The molecule has 7 nitrogen and oxygen atoms in total. The highest BCUT2D eigenvalue weighted by Gasteiger charge is 2.13. The van der Waals surface area contributed by atoms with E-state index in [1.54, 1.807) is 25.3 Å². The summed E-state index contributed by atoms with van der Waals surface area (Å²) in [6.45, 7) is 2.84. The lowest BCUT2D eigenvalue weighted by Crippen LogP contribution is -2.38. The van der Waals surface area contributed by atoms with E-state index in [4.69, 9.17) is 18.9 Å². The highest BCUT2D eigenvalue weighted by Crippen LogP contribution is 2.22. The maximum Gasteiger partial charge on any atom is 0.338 e. The Balaban J connectivity index is 1.48. The van der Waals surface area contributed by atoms with Crippen LogP contribution in [-0.4, -0.2) is 57.4 Å². The number of ether oxygens (including phenoxy) is 4. The molecule has 0 saturated carbocycles. The molecular weight excluding hydrogens is 458 g/mol. The third-order valence-electron chi connectivity index (χ3n) is 5.37. The van der Waals surface area contributed by atoms with Crippen molar-refractivity contribution in [1.82, 2.24) is 5.32 Å². The minimum absolute atomic E-state index is 0.121. The van der Waals surface area contributed by atoms with Crippen molar-refractivity contribution in [3.05, 3.63) is 95.6 Å². The number of esters is 1. The lowest BCUT2D eigenvalue weighted by molar-refractivity contribution is -0.133. The second-order valence-electron chi connectivity index (χ2n) is 8.20. The molecule has 0 aliphatic carbocycles. The largest absolute Gasteiger partial charge is 0.491 e. The number of rotatable bonds is 13. The molecular formula is C29H33NO6. The number of aryl methyl sites for hydroxylation is 1. The minimum atomic E-state index is -0.716. The van der Waals surface area contributed by atoms with Gasteiger partial charge in [0.2, 0.25) is 6.29 Å². The van der Waals surface area contributed by atoms with Crippen molar-refractivity contribution >= 4 is 17.6 Å². The van der Waals surface area contributed by atoms with Crippen LogP contribution in [0.4, 0.5) is 0 Å². The summed E-state index contributed by atoms with van der Waals surface area (Å²) in [6, 6.07) is 24.4. The first-order chi connectivity index (χ1) is 17.5. The van der Waals surface area contributed by atoms with Gasteiger partial charge in [0.1, 0.15) is 24.2 Å². The van der Waals surface area contributed by atoms with Gasteiger partial charge in [-0.15, -0.1) is 0 Å². The standard InChI is InChI=1S/C29H33NO6/c1-21-9-13-23(14-10-21)27(29(32)34-3)17-22-11-15-25(16-12-22)35-20-24(31)18-30-19-28(33-2)36-26-7-5-4-6-8-26/h4-17,24,28,30-31H,18-20H2,1-3H3. The van der Waals surface area contributed by atoms with Gasteiger partial charge in [-0.2, -0.15) is 0 Å². The van der Waals surface area contributed by atoms with Crippen LogP contribution >= 0.6 is 0 Å². The Morgan fingerprint density at radius 3 is 2.25 bits per heavy atom. The van der Waals surface area contributed by atoms with Gasteiger partial charge in [0.15, 0.2) is 0 Å². The molecule has 2 N–H and O–H groups in total. The van der Waals surface area contributed by atoms with E-state index < -0.39 is 18.4 Å². The van der Waals surface area contributed by atoms with E-state index in [2.05, 4.69) is 5.32 Å². The highest BCUT2D eigenvalue weighted by molar-refractivity contribution is 6.21. The smallest absolute Gasteiger partial charge is 0.338 e. The van der Waals surface area contributed by atoms with E-state index in [0.717, 1.165) is 16.7 Å². The molecule has 0 bridgehead atoms. The van der Waals surface area contributed by atoms with Crippen molar-refractivity contribution in [1.29, 1.82) is 0 Å². The molecule has 0 radical (unpaired) electrons. The van der Waals surface area contributed by atoms with Crippen LogP contribution < -0.4 is 14.8 Å². The Morgan fingerprint density at radius 1 is 0.917 bits per heavy atom. The summed E-state index contributed by atoms with van der Waals surface area (Å²) in [7, 11) is 2.94. The number of nitrogens with one attached hydrogen (secondary N) is 1. The number of methoxy groups -OCH3 is 2. The molecule has 0 fully saturated rings. The van der Waals surface area contributed by atoms with Crippen molar-refractivity contribution in [2.45, 2.75) is 19.3 Å². The van der Waals surface area contributed by atoms with Gasteiger partial charge >= 0.3 is 5.97 Å². The molecule has 0 aliphatic rings. The Hall–Kier alpha value is -3.65. The van der Waals surface area contributed by atoms with Gasteiger partial charge in [0.05, 0.1) is 19.2 Å². The van der Waals surface area contributed by atoms with E-state index in [-0.39, 0.29) is 6.61 Å². The Morgan fingerprint density at radius 2 is 1.61 bits per heavy atom. The molecule has 3 aromatic rings. The molecule has 3 rings (SSSR count). The van der Waals surface area contributed by atoms with E-state index in [1.807, 2.05) is 73.7 Å². The number of aliphatic hydroxyl groups is 1. The molecule has 2 atom stereocenters. The average Bonchev–Trinajstić information content (AvgIpc) is 2.91. The van der Waals surface area contributed by atoms with Gasteiger partial charge in [-0.25, -0.2) is 4.79 Å². The first kappa shape index (κ1) is 26.9. The van der Waals surface area contributed by atoms with Crippen LogP contribution in [0.15, 0.2) is 78.9 Å². The Labute approximate surface area is 212 Å². The fourth-order valence-corrected chi connectivity index (χ4v) is 3.37. The summed E-state index contributed by atoms with van der Waals surface area (Å²) >= 11 is 0. The summed E-state index contributed by atoms with van der Waals surface area (Å²) in [4.78, 5) is 12.3. The van der Waals surface area contributed by atoms with Crippen LogP contribution in [-0.2, 0) is 14.3 Å². The molecule has 190 valence electrons. The molecule has 0 saturated heterocycles. The van der Waals surface area contributed by atoms with E-state index in [0.29, 0.717) is 30.2 Å². The van der Waals surface area contributed by atoms with Crippen molar-refractivity contribution in [3.8, 4) is 11.5 Å². The zero-order valence-electron chi connectivity index (χ0n) is 20.8. The normalized spacial score (nSPS) is 13.1. The van der Waals surface area contributed by atoms with Crippen molar-refractivity contribution in [3.63, 3.8) is 0 Å². The Kier molecular flexibility index (Phi) is 10.5. The number of hydrogen-bond acceptors (Lipinski definition) is 7. The number of hydrogen-bond donors (Lipinski definition) is 2. The third kappa shape index (κ3) is 8.53. The summed E-state index contributed by atoms with van der Waals surface area (Å²) in [5.74, 6) is 0.925. The second-order valence-corrected chi connectivity index (χ2v) is 8.20. The summed E-state index contributed by atoms with van der Waals surface area (Å²) in [5.41, 5.74) is 3.20. The number of para-hydroxylation sites is 1. The molecule has 0 aromatic heterocycles. The molecule has 2 unspecified atom stereocenters. The minimum Gasteiger partial charge on any atom is -0.491 e. The van der Waals surface area contributed by atoms with Gasteiger partial charge < -0.3 is 29.4 Å². The van der Waals surface area contributed by atoms with Crippen LogP contribution in [0.1, 0.15) is 16.7 Å². The number of benzene rings is 3. The van der Waals surface area contributed by atoms with Crippen LogP contribution in [0.3, 0.4) is 0 Å². The number of carbonyl (C=O) groups is 1. The van der Waals surface area contributed by atoms with Crippen LogP contribution in [0, 0.1) is 6.92 Å². The molecule has 7 heteroatoms. The fraction of sp³-hybridized carbons (Fsp3) is 0.276. The molecule has 0 amide bonds. The van der Waals surface area contributed by atoms with Gasteiger partial charge in [-0.1, -0.05) is 60.2 Å². The lowest BCUT2D eigenvalue weighted by atomic mass is 10.0. The van der Waals surface area contributed by atoms with Crippen LogP contribution in [0.25, 0.3) is 11.6 Å². The predicted octanol–water partition coefficient (Wildman–Crippen LogP) is 4.09. The first-order valence-electron chi connectivity index (χ1n) is 11.7. The molecule has 0 spiro atoms. The van der Waals surface area contributed by atoms with Gasteiger partial charge in [-0.05, 0) is 48.4 Å². The first-order valence-corrected chi connectivity index (χ1v) is 11.7. The third-order valence-corrected chi connectivity index (χ3v) is 5.37. The van der Waals surface area contributed by atoms with E-state index in [9.17, 15) is 9.90 Å². The van der Waals surface area contributed by atoms with Crippen molar-refractivity contribution in [2.24, 2.45) is 0 Å². The summed E-state index contributed by atoms with van der Waals surface area (Å²) in [5, 5.41) is 13.4. The van der Waals surface area contributed by atoms with Gasteiger partial charge in [0.25, 0.3) is 0 Å². The maximum absolute atomic E-state index is 12.3. The topological polar surface area (TPSA) is 86.3 Å². The van der Waals surface area contributed by atoms with Gasteiger partial charge in [0, 0.05) is 13.7 Å². The van der Waals surface area contributed by atoms with E-state index >= 15 is 0 Å². The predicted molar refractivity (Wildman–Crippen MR) is 140 cm³/mol. The fourth-order valence-electron chi connectivity index (χ4n) is 3.37. The molecule has 3 aromatic carbocycles. The SMILES string of the molecule is COC(=O)C(=Cc1ccc(OCC(O)CNCC(OC)Oc2ccccc2)cc1)c1ccc(C)cc1. The molecule has 0 heterocycles. The monoisotopic (exact) mass is 491 g/mol. The van der Waals surface area contributed by atoms with Crippen LogP contribution in [0.2, 0.25) is 0 Å². The zero-order valence-corrected chi connectivity index (χ0v) is 20.8. The summed E-state index contributed by atoms with van der Waals surface area (Å²) < 4.78 is 21.7. The van der Waals surface area contributed by atoms with Gasteiger partial charge in [-0.3, -0.25) is 0 Å². The maximum atomic E-state index is 12.3. The number of carbonyl (C=O) groups excluding carboxylic acids is 1. The van der Waals surface area contributed by atoms with Crippen molar-refractivity contribution < 1.29 is 28.8 Å². The molecule has 0 aliphatic heterocycles. The average molecular weight is 492 g/mol.